The molecule has 0 amide bonds. The van der Waals surface area contributed by atoms with Crippen LogP contribution in [0.5, 0.6) is 11.5 Å². The van der Waals surface area contributed by atoms with Crippen LogP contribution in [-0.4, -0.2) is 12.6 Å². The number of hydrogen-bond acceptors (Lipinski definition) is 3. The Labute approximate surface area is 137 Å². The van der Waals surface area contributed by atoms with Gasteiger partial charge in [0.2, 0.25) is 0 Å². The van der Waals surface area contributed by atoms with Crippen LogP contribution in [0.3, 0.4) is 0 Å². The van der Waals surface area contributed by atoms with Crippen LogP contribution >= 0.6 is 15.9 Å². The van der Waals surface area contributed by atoms with Gasteiger partial charge in [0.25, 0.3) is 0 Å². The van der Waals surface area contributed by atoms with E-state index in [2.05, 4.69) is 15.9 Å². The maximum atomic E-state index is 13.4. The third kappa shape index (κ3) is 4.56. The Morgan fingerprint density at radius 1 is 1.23 bits per heavy atom. The molecular formula is C17H16BrFO3. The number of esters is 1. The predicted molar refractivity (Wildman–Crippen MR) is 85.7 cm³/mol. The van der Waals surface area contributed by atoms with E-state index in [4.69, 9.17) is 9.47 Å². The zero-order valence-electron chi connectivity index (χ0n) is 12.4. The average Bonchev–Trinajstić information content (AvgIpc) is 2.41. The van der Waals surface area contributed by atoms with Gasteiger partial charge in [0.15, 0.2) is 0 Å². The summed E-state index contributed by atoms with van der Waals surface area (Å²) in [5.74, 6) is 0.304. The summed E-state index contributed by atoms with van der Waals surface area (Å²) < 4.78 is 24.7. The van der Waals surface area contributed by atoms with Gasteiger partial charge in [0, 0.05) is 10.5 Å². The lowest BCUT2D eigenvalue weighted by molar-refractivity contribution is -0.142. The lowest BCUT2D eigenvalue weighted by atomic mass is 10.1. The molecule has 22 heavy (non-hydrogen) atoms. The van der Waals surface area contributed by atoms with Crippen LogP contribution in [0.25, 0.3) is 0 Å². The van der Waals surface area contributed by atoms with Gasteiger partial charge < -0.3 is 9.47 Å². The SMILES string of the molecule is CCOC(=O)Cc1ccc(C)c(Oc2cc(F)cc(Br)c2)c1. The van der Waals surface area contributed by atoms with Gasteiger partial charge in [-0.05, 0) is 43.2 Å². The first-order valence-electron chi connectivity index (χ1n) is 6.87. The van der Waals surface area contributed by atoms with Crippen molar-refractivity contribution in [3.63, 3.8) is 0 Å². The molecule has 0 fully saturated rings. The highest BCUT2D eigenvalue weighted by Crippen LogP contribution is 2.29. The molecular weight excluding hydrogens is 351 g/mol. The molecule has 0 aliphatic carbocycles. The number of rotatable bonds is 5. The molecule has 0 unspecified atom stereocenters. The molecule has 2 aromatic carbocycles. The zero-order valence-corrected chi connectivity index (χ0v) is 13.9. The van der Waals surface area contributed by atoms with Crippen molar-refractivity contribution in [2.45, 2.75) is 20.3 Å². The van der Waals surface area contributed by atoms with E-state index >= 15 is 0 Å². The molecule has 2 aromatic rings. The Bertz CT molecular complexity index is 665. The highest BCUT2D eigenvalue weighted by molar-refractivity contribution is 9.10. The summed E-state index contributed by atoms with van der Waals surface area (Å²) >= 11 is 3.23. The van der Waals surface area contributed by atoms with Gasteiger partial charge in [0.05, 0.1) is 13.0 Å². The summed E-state index contributed by atoms with van der Waals surface area (Å²) in [6, 6.07) is 9.82. The zero-order chi connectivity index (χ0) is 16.1. The van der Waals surface area contributed by atoms with Gasteiger partial charge >= 0.3 is 5.97 Å². The molecule has 0 aromatic heterocycles. The van der Waals surface area contributed by atoms with E-state index in [1.54, 1.807) is 19.1 Å². The van der Waals surface area contributed by atoms with Crippen molar-refractivity contribution in [3.05, 3.63) is 57.8 Å². The monoisotopic (exact) mass is 366 g/mol. The van der Waals surface area contributed by atoms with Gasteiger partial charge in [-0.25, -0.2) is 4.39 Å². The first-order chi connectivity index (χ1) is 10.5. The standard InChI is InChI=1S/C17H16BrFO3/c1-3-21-17(20)7-12-5-4-11(2)16(6-12)22-15-9-13(18)8-14(19)10-15/h4-6,8-10H,3,7H2,1-2H3. The Morgan fingerprint density at radius 2 is 2.00 bits per heavy atom. The van der Waals surface area contributed by atoms with Crippen LogP contribution in [-0.2, 0) is 16.0 Å². The van der Waals surface area contributed by atoms with Crippen LogP contribution in [0.1, 0.15) is 18.1 Å². The second-order valence-corrected chi connectivity index (χ2v) is 5.70. The molecule has 0 N–H and O–H groups in total. The van der Waals surface area contributed by atoms with Crippen molar-refractivity contribution < 1.29 is 18.7 Å². The highest BCUT2D eigenvalue weighted by atomic mass is 79.9. The van der Waals surface area contributed by atoms with Crippen molar-refractivity contribution >= 4 is 21.9 Å². The normalized spacial score (nSPS) is 10.4. The topological polar surface area (TPSA) is 35.5 Å². The molecule has 0 aliphatic heterocycles. The Kier molecular flexibility index (Phi) is 5.55. The summed E-state index contributed by atoms with van der Waals surface area (Å²) in [4.78, 5) is 11.5. The Balaban J connectivity index is 2.21. The van der Waals surface area contributed by atoms with E-state index in [9.17, 15) is 9.18 Å². The lowest BCUT2D eigenvalue weighted by Crippen LogP contribution is -2.07. The van der Waals surface area contributed by atoms with Gasteiger partial charge in [-0.15, -0.1) is 0 Å². The molecule has 0 saturated carbocycles. The van der Waals surface area contributed by atoms with E-state index in [1.807, 2.05) is 19.1 Å². The summed E-state index contributed by atoms with van der Waals surface area (Å²) in [6.45, 7) is 4.01. The maximum absolute atomic E-state index is 13.4. The first kappa shape index (κ1) is 16.5. The number of carbonyl (C=O) groups is 1. The second-order valence-electron chi connectivity index (χ2n) is 4.79. The van der Waals surface area contributed by atoms with Crippen LogP contribution in [0, 0.1) is 12.7 Å². The lowest BCUT2D eigenvalue weighted by Gasteiger charge is -2.11. The number of carbonyl (C=O) groups excluding carboxylic acids is 1. The van der Waals surface area contributed by atoms with E-state index in [1.165, 1.54) is 12.1 Å². The molecule has 3 nitrogen and oxygen atoms in total. The van der Waals surface area contributed by atoms with Gasteiger partial charge in [-0.3, -0.25) is 4.79 Å². The van der Waals surface area contributed by atoms with E-state index in [0.29, 0.717) is 22.6 Å². The summed E-state index contributed by atoms with van der Waals surface area (Å²) in [7, 11) is 0. The second kappa shape index (κ2) is 7.40. The number of hydrogen-bond donors (Lipinski definition) is 0. The van der Waals surface area contributed by atoms with Gasteiger partial charge in [-0.1, -0.05) is 28.1 Å². The number of benzene rings is 2. The largest absolute Gasteiger partial charge is 0.466 e. The van der Waals surface area contributed by atoms with Crippen molar-refractivity contribution in [1.29, 1.82) is 0 Å². The molecule has 0 heterocycles. The van der Waals surface area contributed by atoms with Crippen LogP contribution in [0.4, 0.5) is 4.39 Å². The quantitative estimate of drug-likeness (QED) is 0.713. The van der Waals surface area contributed by atoms with Crippen molar-refractivity contribution in [1.82, 2.24) is 0 Å². The fourth-order valence-electron chi connectivity index (χ4n) is 1.96. The fourth-order valence-corrected chi connectivity index (χ4v) is 2.40. The molecule has 0 saturated heterocycles. The minimum atomic E-state index is -0.385. The molecule has 2 rings (SSSR count). The average molecular weight is 367 g/mol. The first-order valence-corrected chi connectivity index (χ1v) is 7.66. The number of aryl methyl sites for hydroxylation is 1. The minimum Gasteiger partial charge on any atom is -0.466 e. The summed E-state index contributed by atoms with van der Waals surface area (Å²) in [5.41, 5.74) is 1.68. The smallest absolute Gasteiger partial charge is 0.310 e. The molecule has 5 heteroatoms. The van der Waals surface area contributed by atoms with E-state index < -0.39 is 0 Å². The van der Waals surface area contributed by atoms with Crippen molar-refractivity contribution in [2.24, 2.45) is 0 Å². The molecule has 0 aliphatic rings. The van der Waals surface area contributed by atoms with Gasteiger partial charge in [0.1, 0.15) is 17.3 Å². The van der Waals surface area contributed by atoms with Gasteiger partial charge in [-0.2, -0.15) is 0 Å². The molecule has 0 radical (unpaired) electrons. The van der Waals surface area contributed by atoms with Crippen LogP contribution in [0.15, 0.2) is 40.9 Å². The van der Waals surface area contributed by atoms with Crippen LogP contribution in [0.2, 0.25) is 0 Å². The Morgan fingerprint density at radius 3 is 2.68 bits per heavy atom. The molecule has 0 spiro atoms. The Hall–Kier alpha value is -1.88. The summed E-state index contributed by atoms with van der Waals surface area (Å²) in [5, 5.41) is 0. The molecule has 0 bridgehead atoms. The third-order valence-electron chi connectivity index (χ3n) is 2.97. The molecule has 116 valence electrons. The van der Waals surface area contributed by atoms with E-state index in [0.717, 1.165) is 11.1 Å². The number of halogens is 2. The predicted octanol–water partition coefficient (Wildman–Crippen LogP) is 4.79. The van der Waals surface area contributed by atoms with Crippen LogP contribution < -0.4 is 4.74 Å². The van der Waals surface area contributed by atoms with Crippen molar-refractivity contribution in [2.75, 3.05) is 6.61 Å². The molecule has 0 atom stereocenters. The third-order valence-corrected chi connectivity index (χ3v) is 3.43. The summed E-state index contributed by atoms with van der Waals surface area (Å²) in [6.07, 6.45) is 0.178. The van der Waals surface area contributed by atoms with E-state index in [-0.39, 0.29) is 18.2 Å². The van der Waals surface area contributed by atoms with Crippen molar-refractivity contribution in [3.8, 4) is 11.5 Å². The number of ether oxygens (including phenoxy) is 2. The minimum absolute atomic E-state index is 0.178. The highest BCUT2D eigenvalue weighted by Gasteiger charge is 2.09. The maximum Gasteiger partial charge on any atom is 0.310 e. The fraction of sp³-hybridized carbons (Fsp3) is 0.235.